The highest BCUT2D eigenvalue weighted by molar-refractivity contribution is 5.28. The fourth-order valence-corrected chi connectivity index (χ4v) is 2.04. The van der Waals surface area contributed by atoms with E-state index in [0.717, 1.165) is 13.1 Å². The van der Waals surface area contributed by atoms with Crippen molar-refractivity contribution in [2.24, 2.45) is 0 Å². The van der Waals surface area contributed by atoms with Crippen LogP contribution in [0.3, 0.4) is 0 Å². The van der Waals surface area contributed by atoms with Gasteiger partial charge in [0.25, 0.3) is 0 Å². The van der Waals surface area contributed by atoms with Gasteiger partial charge >= 0.3 is 0 Å². The average molecular weight is 205 g/mol. The van der Waals surface area contributed by atoms with Crippen LogP contribution in [0.25, 0.3) is 0 Å². The van der Waals surface area contributed by atoms with Crippen molar-refractivity contribution >= 4 is 0 Å². The monoisotopic (exact) mass is 205 g/mol. The summed E-state index contributed by atoms with van der Waals surface area (Å²) in [6.07, 6.45) is 1.17. The van der Waals surface area contributed by atoms with Crippen LogP contribution in [0.2, 0.25) is 0 Å². The Morgan fingerprint density at radius 1 is 0.933 bits per heavy atom. The number of rotatable bonds is 5. The smallest absolute Gasteiger partial charge is 0.00216 e. The lowest BCUT2D eigenvalue weighted by Gasteiger charge is -2.18. The minimum atomic E-state index is 1.15. The van der Waals surface area contributed by atoms with Crippen LogP contribution in [0.5, 0.6) is 0 Å². The predicted octanol–water partition coefficient (Wildman–Crippen LogP) is 3.19. The first kappa shape index (κ1) is 12.3. The largest absolute Gasteiger partial charge is 0.304 e. The Kier molecular flexibility index (Phi) is 4.83. The molecule has 0 saturated carbocycles. The fraction of sp³-hybridized carbons (Fsp3) is 0.571. The molecule has 0 aliphatic rings. The number of benzene rings is 1. The van der Waals surface area contributed by atoms with E-state index in [1.165, 1.54) is 29.7 Å². The zero-order chi connectivity index (χ0) is 11.3. The molecule has 0 bridgehead atoms. The quantitative estimate of drug-likeness (QED) is 0.713. The molecule has 0 saturated heterocycles. The summed E-state index contributed by atoms with van der Waals surface area (Å²) in [6, 6.07) is 6.84. The second-order valence-corrected chi connectivity index (χ2v) is 4.27. The van der Waals surface area contributed by atoms with E-state index in [1.54, 1.807) is 0 Å². The van der Waals surface area contributed by atoms with Crippen LogP contribution in [-0.4, -0.2) is 24.5 Å². The molecule has 0 aromatic heterocycles. The van der Waals surface area contributed by atoms with Gasteiger partial charge in [-0.05, 0) is 38.9 Å². The van der Waals surface area contributed by atoms with Crippen LogP contribution in [0.4, 0.5) is 0 Å². The molecule has 1 aromatic carbocycles. The molecule has 1 heteroatoms. The van der Waals surface area contributed by atoms with E-state index in [4.69, 9.17) is 0 Å². The molecule has 0 aliphatic carbocycles. The molecular weight excluding hydrogens is 182 g/mol. The van der Waals surface area contributed by atoms with Crippen molar-refractivity contribution in [2.75, 3.05) is 19.6 Å². The summed E-state index contributed by atoms with van der Waals surface area (Å²) in [6.45, 7) is 12.3. The fourth-order valence-electron chi connectivity index (χ4n) is 2.04. The molecule has 15 heavy (non-hydrogen) atoms. The Bertz CT molecular complexity index is 280. The van der Waals surface area contributed by atoms with Crippen LogP contribution in [-0.2, 0) is 6.42 Å². The molecule has 84 valence electrons. The molecule has 1 aromatic rings. The van der Waals surface area contributed by atoms with Crippen molar-refractivity contribution in [1.29, 1.82) is 0 Å². The zero-order valence-corrected chi connectivity index (χ0v) is 10.5. The first-order valence-electron chi connectivity index (χ1n) is 5.95. The van der Waals surface area contributed by atoms with E-state index in [-0.39, 0.29) is 0 Å². The summed E-state index contributed by atoms with van der Waals surface area (Å²) in [5.41, 5.74) is 4.23. The average Bonchev–Trinajstić information content (AvgIpc) is 2.18. The molecular formula is C14H23N. The van der Waals surface area contributed by atoms with Gasteiger partial charge in [-0.3, -0.25) is 0 Å². The van der Waals surface area contributed by atoms with Crippen molar-refractivity contribution in [2.45, 2.75) is 34.1 Å². The summed E-state index contributed by atoms with van der Waals surface area (Å²) in [5, 5.41) is 0. The van der Waals surface area contributed by atoms with Crippen LogP contribution in [0.1, 0.15) is 30.5 Å². The maximum atomic E-state index is 2.47. The predicted molar refractivity (Wildman–Crippen MR) is 67.4 cm³/mol. The minimum absolute atomic E-state index is 1.15. The number of hydrogen-bond acceptors (Lipinski definition) is 1. The van der Waals surface area contributed by atoms with Crippen molar-refractivity contribution in [3.05, 3.63) is 34.9 Å². The highest BCUT2D eigenvalue weighted by Crippen LogP contribution is 2.09. The van der Waals surface area contributed by atoms with Crippen molar-refractivity contribution in [3.63, 3.8) is 0 Å². The third-order valence-electron chi connectivity index (χ3n) is 2.89. The van der Waals surface area contributed by atoms with Gasteiger partial charge in [0, 0.05) is 6.54 Å². The second kappa shape index (κ2) is 5.92. The summed E-state index contributed by atoms with van der Waals surface area (Å²) >= 11 is 0. The molecule has 0 aliphatic heterocycles. The van der Waals surface area contributed by atoms with Crippen molar-refractivity contribution in [3.8, 4) is 0 Å². The van der Waals surface area contributed by atoms with Crippen LogP contribution >= 0.6 is 0 Å². The first-order chi connectivity index (χ1) is 7.15. The maximum Gasteiger partial charge on any atom is 0.00216 e. The molecule has 0 unspecified atom stereocenters. The number of nitrogens with zero attached hydrogens (tertiary/aromatic N) is 1. The molecule has 0 radical (unpaired) electrons. The number of hydrogen-bond donors (Lipinski definition) is 0. The zero-order valence-electron chi connectivity index (χ0n) is 10.5. The normalized spacial score (nSPS) is 11.0. The summed E-state index contributed by atoms with van der Waals surface area (Å²) < 4.78 is 0. The van der Waals surface area contributed by atoms with Crippen LogP contribution in [0, 0.1) is 13.8 Å². The lowest BCUT2D eigenvalue weighted by Crippen LogP contribution is -2.25. The van der Waals surface area contributed by atoms with Crippen molar-refractivity contribution in [1.82, 2.24) is 4.90 Å². The highest BCUT2D eigenvalue weighted by atomic mass is 15.1. The topological polar surface area (TPSA) is 3.24 Å². The third kappa shape index (κ3) is 4.05. The molecule has 0 spiro atoms. The molecule has 0 atom stereocenters. The van der Waals surface area contributed by atoms with Gasteiger partial charge in [0.05, 0.1) is 0 Å². The van der Waals surface area contributed by atoms with Gasteiger partial charge in [0.1, 0.15) is 0 Å². The first-order valence-corrected chi connectivity index (χ1v) is 5.95. The molecule has 0 N–H and O–H groups in total. The Hall–Kier alpha value is -0.820. The third-order valence-corrected chi connectivity index (χ3v) is 2.89. The van der Waals surface area contributed by atoms with E-state index in [0.29, 0.717) is 0 Å². The Morgan fingerprint density at radius 2 is 1.47 bits per heavy atom. The Labute approximate surface area is 94.1 Å². The van der Waals surface area contributed by atoms with Crippen LogP contribution < -0.4 is 0 Å². The van der Waals surface area contributed by atoms with Crippen LogP contribution in [0.15, 0.2) is 18.2 Å². The van der Waals surface area contributed by atoms with Gasteiger partial charge < -0.3 is 4.90 Å². The Balaban J connectivity index is 2.57. The summed E-state index contributed by atoms with van der Waals surface area (Å²) in [7, 11) is 0. The lowest BCUT2D eigenvalue weighted by atomic mass is 10.0. The SMILES string of the molecule is CCN(CC)CCc1cc(C)cc(C)c1. The summed E-state index contributed by atoms with van der Waals surface area (Å²) in [4.78, 5) is 2.47. The molecule has 0 heterocycles. The number of aryl methyl sites for hydroxylation is 2. The second-order valence-electron chi connectivity index (χ2n) is 4.27. The minimum Gasteiger partial charge on any atom is -0.304 e. The van der Waals surface area contributed by atoms with E-state index in [1.807, 2.05) is 0 Å². The van der Waals surface area contributed by atoms with E-state index in [2.05, 4.69) is 50.8 Å². The van der Waals surface area contributed by atoms with Gasteiger partial charge in [-0.2, -0.15) is 0 Å². The van der Waals surface area contributed by atoms with Gasteiger partial charge in [0.15, 0.2) is 0 Å². The molecule has 0 fully saturated rings. The van der Waals surface area contributed by atoms with Gasteiger partial charge in [-0.25, -0.2) is 0 Å². The molecule has 0 amide bonds. The molecule has 1 rings (SSSR count). The van der Waals surface area contributed by atoms with E-state index < -0.39 is 0 Å². The Morgan fingerprint density at radius 3 is 1.93 bits per heavy atom. The molecule has 1 nitrogen and oxygen atoms in total. The van der Waals surface area contributed by atoms with Crippen molar-refractivity contribution < 1.29 is 0 Å². The lowest BCUT2D eigenvalue weighted by molar-refractivity contribution is 0.308. The number of likely N-dealkylation sites (N-methyl/N-ethyl adjacent to an activating group) is 1. The van der Waals surface area contributed by atoms with E-state index in [9.17, 15) is 0 Å². The van der Waals surface area contributed by atoms with Gasteiger partial charge in [-0.15, -0.1) is 0 Å². The standard InChI is InChI=1S/C14H23N/c1-5-15(6-2)8-7-14-10-12(3)9-13(4)11-14/h9-11H,5-8H2,1-4H3. The van der Waals surface area contributed by atoms with Gasteiger partial charge in [-0.1, -0.05) is 43.2 Å². The van der Waals surface area contributed by atoms with E-state index >= 15 is 0 Å². The van der Waals surface area contributed by atoms with Gasteiger partial charge in [0.2, 0.25) is 0 Å². The maximum absolute atomic E-state index is 2.47. The highest BCUT2D eigenvalue weighted by Gasteiger charge is 2.00. The summed E-state index contributed by atoms with van der Waals surface area (Å²) in [5.74, 6) is 0.